The zero-order chi connectivity index (χ0) is 0. The van der Waals surface area contributed by atoms with Crippen LogP contribution in [0.25, 0.3) is 0 Å². The van der Waals surface area contributed by atoms with E-state index in [1.807, 2.05) is 0 Å². The Morgan fingerprint density at radius 1 is 0.375 bits per heavy atom. The first kappa shape index (κ1) is 266. The van der Waals surface area contributed by atoms with Crippen molar-refractivity contribution < 1.29 is 28.2 Å². The summed E-state index contributed by atoms with van der Waals surface area (Å²) in [6.45, 7) is 0. The van der Waals surface area contributed by atoms with E-state index in [0.717, 1.165) is 0 Å². The molecule has 0 atom stereocenters. The first-order valence-electron chi connectivity index (χ1n) is 0. The molecule has 0 aliphatic heterocycles. The van der Waals surface area contributed by atoms with E-state index in [9.17, 15) is 0 Å². The maximum absolute atomic E-state index is 0. The molecule has 0 aliphatic carbocycles. The van der Waals surface area contributed by atoms with Crippen molar-refractivity contribution in [1.82, 2.24) is 0 Å². The molecule has 0 amide bonds. The van der Waals surface area contributed by atoms with Crippen molar-refractivity contribution in [3.8, 4) is 0 Å². The second-order valence-corrected chi connectivity index (χ2v) is 0. The van der Waals surface area contributed by atoms with Gasteiger partial charge in [-0.3, -0.25) is 28.2 Å². The Bertz CT molecular complexity index is 8.49. The van der Waals surface area contributed by atoms with Crippen molar-refractivity contribution >= 4 is 61.3 Å². The van der Waals surface area contributed by atoms with Crippen LogP contribution in [0.1, 0.15) is 0 Å². The van der Waals surface area contributed by atoms with Gasteiger partial charge >= 0.3 is 51.4 Å². The Kier molecular flexibility index (Phi) is 6200. The summed E-state index contributed by atoms with van der Waals surface area (Å²) in [7, 11) is 0. The van der Waals surface area contributed by atoms with Crippen LogP contribution < -0.4 is 0 Å². The van der Waals surface area contributed by atoms with E-state index in [4.69, 9.17) is 0 Å². The van der Waals surface area contributed by atoms with Crippen molar-refractivity contribution in [3.63, 3.8) is 0 Å². The van der Waals surface area contributed by atoms with Gasteiger partial charge in [0.25, 0.3) is 0 Å². The molecule has 3 radical (unpaired) electrons. The van der Waals surface area contributed by atoms with Crippen molar-refractivity contribution in [3.05, 3.63) is 0 Å². The van der Waals surface area contributed by atoms with Crippen LogP contribution in [0.4, 0.5) is 28.2 Å². The summed E-state index contributed by atoms with van der Waals surface area (Å²) in [6.07, 6.45) is 0. The summed E-state index contributed by atoms with van der Waals surface area (Å²) < 4.78 is 0. The molecule has 0 fully saturated rings. The first-order valence-corrected chi connectivity index (χ1v) is 0. The molecule has 0 N–H and O–H groups in total. The van der Waals surface area contributed by atoms with Gasteiger partial charge in [-0.25, -0.2) is 0 Å². The van der Waals surface area contributed by atoms with Crippen LogP contribution in [-0.4, -0.2) is 51.4 Å². The molecular formula is H7F6KP. The van der Waals surface area contributed by atoms with E-state index >= 15 is 0 Å². The van der Waals surface area contributed by atoms with Crippen LogP contribution in [0.3, 0.4) is 0 Å². The predicted octanol–water partition coefficient (Wildman–Crippen LogP) is 1.13. The molecule has 0 nitrogen and oxygen atoms in total. The van der Waals surface area contributed by atoms with E-state index in [2.05, 4.69) is 0 Å². The van der Waals surface area contributed by atoms with Crippen molar-refractivity contribution in [2.75, 3.05) is 0 Å². The molecule has 0 aromatic rings. The molecular weight excluding hydrogens is 184 g/mol. The average Bonchev–Trinajstić information content (AvgIpc) is 0. The molecule has 0 saturated carbocycles. The van der Waals surface area contributed by atoms with Gasteiger partial charge < -0.3 is 0 Å². The molecule has 0 unspecified atom stereocenters. The molecule has 8 heavy (non-hydrogen) atoms. The van der Waals surface area contributed by atoms with Crippen molar-refractivity contribution in [2.45, 2.75) is 0 Å². The van der Waals surface area contributed by atoms with Crippen molar-refractivity contribution in [2.24, 2.45) is 0 Å². The van der Waals surface area contributed by atoms with Gasteiger partial charge in [0.1, 0.15) is 0 Å². The average molecular weight is 191 g/mol. The van der Waals surface area contributed by atoms with Gasteiger partial charge in [-0.1, -0.05) is 0 Å². The van der Waals surface area contributed by atoms with Crippen molar-refractivity contribution in [1.29, 1.82) is 0 Å². The summed E-state index contributed by atoms with van der Waals surface area (Å²) in [5.74, 6) is 0. The fourth-order valence-corrected chi connectivity index (χ4v) is 0. The van der Waals surface area contributed by atoms with Gasteiger partial charge in [-0.05, 0) is 0 Å². The van der Waals surface area contributed by atoms with Gasteiger partial charge in [0.05, 0.1) is 0 Å². The van der Waals surface area contributed by atoms with Gasteiger partial charge in [0.2, 0.25) is 0 Å². The third kappa shape index (κ3) is 125. The zero-order valence-electron chi connectivity index (χ0n) is 2.90. The molecule has 0 bridgehead atoms. The minimum atomic E-state index is 0. The Morgan fingerprint density at radius 2 is 0.375 bits per heavy atom. The standard InChI is InChI=1S/6FH.K.P.H/h6*1H;;;. The fraction of sp³-hybridized carbons (Fsp3) is 0. The smallest absolute Gasteiger partial charge is 0 e. The van der Waals surface area contributed by atoms with Gasteiger partial charge in [-0.2, -0.15) is 0 Å². The van der Waals surface area contributed by atoms with E-state index in [1.165, 1.54) is 0 Å². The van der Waals surface area contributed by atoms with E-state index in [0.29, 0.717) is 0 Å². The monoisotopic (exact) mass is 191 g/mol. The van der Waals surface area contributed by atoms with Gasteiger partial charge in [0, 0.05) is 9.90 Å². The summed E-state index contributed by atoms with van der Waals surface area (Å²) in [5.41, 5.74) is 0. The number of rotatable bonds is 0. The molecule has 0 aromatic carbocycles. The molecule has 55 valence electrons. The molecule has 0 spiro atoms. The quantitative estimate of drug-likeness (QED) is 0.306. The topological polar surface area (TPSA) is 0 Å². The zero-order valence-corrected chi connectivity index (χ0v) is 3.79. The third-order valence-corrected chi connectivity index (χ3v) is 0. The van der Waals surface area contributed by atoms with E-state index in [1.54, 1.807) is 0 Å². The molecule has 0 aliphatic rings. The van der Waals surface area contributed by atoms with Crippen LogP contribution in [-0.2, 0) is 0 Å². The second-order valence-electron chi connectivity index (χ2n) is 0. The summed E-state index contributed by atoms with van der Waals surface area (Å²) in [5, 5.41) is 0. The number of halogens is 6. The Labute approximate surface area is 88.4 Å². The van der Waals surface area contributed by atoms with E-state index in [-0.39, 0.29) is 89.5 Å². The fourth-order valence-electron chi connectivity index (χ4n) is 0. The van der Waals surface area contributed by atoms with E-state index < -0.39 is 0 Å². The van der Waals surface area contributed by atoms with Crippen LogP contribution in [0, 0.1) is 0 Å². The third-order valence-electron chi connectivity index (χ3n) is 0. The Hall–Kier alpha value is 1.65. The number of hydrogen-bond donors (Lipinski definition) is 0. The summed E-state index contributed by atoms with van der Waals surface area (Å²) >= 11 is 0. The predicted molar refractivity (Wildman–Crippen MR) is 29.1 cm³/mol. The Balaban J connectivity index is 0. The minimum absolute atomic E-state index is 0. The van der Waals surface area contributed by atoms with Crippen LogP contribution in [0.2, 0.25) is 0 Å². The molecule has 8 heteroatoms. The number of hydrogen-bond acceptors (Lipinski definition) is 0. The maximum atomic E-state index is 0. The second kappa shape index (κ2) is 187. The van der Waals surface area contributed by atoms with Gasteiger partial charge in [-0.15, -0.1) is 0 Å². The van der Waals surface area contributed by atoms with Crippen LogP contribution in [0.15, 0.2) is 0 Å². The van der Waals surface area contributed by atoms with Crippen LogP contribution in [0.5, 0.6) is 0 Å². The molecule has 0 rings (SSSR count). The van der Waals surface area contributed by atoms with Crippen LogP contribution >= 0.6 is 9.90 Å². The summed E-state index contributed by atoms with van der Waals surface area (Å²) in [4.78, 5) is 0. The first-order chi connectivity index (χ1) is 0. The maximum Gasteiger partial charge on any atom is 0 e. The Morgan fingerprint density at radius 3 is 0.375 bits per heavy atom. The summed E-state index contributed by atoms with van der Waals surface area (Å²) in [6, 6.07) is 0. The molecule has 0 heterocycles. The normalized spacial score (nSPS) is 0. The molecule has 0 aromatic heterocycles. The minimum Gasteiger partial charge on any atom is 0 e. The van der Waals surface area contributed by atoms with Gasteiger partial charge in [0.15, 0.2) is 0 Å². The SMILES string of the molecule is F.F.F.F.F.F.[KH].[P]. The largest absolute Gasteiger partial charge is 0 e. The molecule has 0 saturated heterocycles.